The third-order valence-electron chi connectivity index (χ3n) is 3.33. The molecule has 0 amide bonds. The number of nitrogens with zero attached hydrogens (tertiary/aromatic N) is 1. The molecule has 1 aromatic rings. The summed E-state index contributed by atoms with van der Waals surface area (Å²) in [6.45, 7) is 6.82. The second kappa shape index (κ2) is 5.70. The number of anilines is 1. The van der Waals surface area contributed by atoms with Crippen molar-refractivity contribution in [2.75, 3.05) is 18.5 Å². The maximum atomic E-state index is 9.34. The van der Waals surface area contributed by atoms with Crippen LogP contribution in [0, 0.1) is 23.7 Å². The molecule has 1 rings (SSSR count). The van der Waals surface area contributed by atoms with Crippen molar-refractivity contribution in [2.24, 2.45) is 5.41 Å². The molecule has 3 nitrogen and oxygen atoms in total. The van der Waals surface area contributed by atoms with Gasteiger partial charge in [-0.25, -0.2) is 0 Å². The minimum absolute atomic E-state index is 0.142. The number of rotatable bonds is 5. The standard InChI is InChI=1S/C14H20N2O/c1-4-14(3,10-17)9-16-13-7-5-6-11(2)12(13)8-15/h5-7,16-17H,4,9-10H2,1-3H3. The Morgan fingerprint density at radius 2 is 2.18 bits per heavy atom. The fraction of sp³-hybridized carbons (Fsp3) is 0.500. The highest BCUT2D eigenvalue weighted by molar-refractivity contribution is 5.60. The van der Waals surface area contributed by atoms with E-state index in [2.05, 4.69) is 18.3 Å². The highest BCUT2D eigenvalue weighted by Gasteiger charge is 2.21. The summed E-state index contributed by atoms with van der Waals surface area (Å²) in [6.07, 6.45) is 0.893. The lowest BCUT2D eigenvalue weighted by Crippen LogP contribution is -2.29. The smallest absolute Gasteiger partial charge is 0.102 e. The highest BCUT2D eigenvalue weighted by Crippen LogP contribution is 2.23. The molecule has 0 aliphatic carbocycles. The van der Waals surface area contributed by atoms with Crippen LogP contribution in [0.2, 0.25) is 0 Å². The lowest BCUT2D eigenvalue weighted by atomic mass is 9.88. The number of aliphatic hydroxyl groups is 1. The van der Waals surface area contributed by atoms with Gasteiger partial charge in [-0.15, -0.1) is 0 Å². The molecule has 0 aliphatic rings. The molecule has 1 aromatic carbocycles. The van der Waals surface area contributed by atoms with Crippen molar-refractivity contribution in [1.29, 1.82) is 5.26 Å². The Morgan fingerprint density at radius 1 is 1.47 bits per heavy atom. The summed E-state index contributed by atoms with van der Waals surface area (Å²) in [4.78, 5) is 0. The van der Waals surface area contributed by atoms with Gasteiger partial charge < -0.3 is 10.4 Å². The summed E-state index contributed by atoms with van der Waals surface area (Å²) >= 11 is 0. The molecule has 17 heavy (non-hydrogen) atoms. The average molecular weight is 232 g/mol. The highest BCUT2D eigenvalue weighted by atomic mass is 16.3. The van der Waals surface area contributed by atoms with Crippen LogP contribution in [-0.2, 0) is 0 Å². The van der Waals surface area contributed by atoms with E-state index in [1.807, 2.05) is 32.0 Å². The molecular formula is C14H20N2O. The molecule has 0 saturated heterocycles. The second-order valence-electron chi connectivity index (χ2n) is 4.79. The normalized spacial score (nSPS) is 13.8. The summed E-state index contributed by atoms with van der Waals surface area (Å²) in [5.41, 5.74) is 2.36. The molecule has 92 valence electrons. The van der Waals surface area contributed by atoms with Crippen molar-refractivity contribution in [2.45, 2.75) is 27.2 Å². The first-order chi connectivity index (χ1) is 8.06. The van der Waals surface area contributed by atoms with Gasteiger partial charge in [-0.1, -0.05) is 26.0 Å². The van der Waals surface area contributed by atoms with E-state index in [1.54, 1.807) is 0 Å². The van der Waals surface area contributed by atoms with Crippen molar-refractivity contribution >= 4 is 5.69 Å². The van der Waals surface area contributed by atoms with Gasteiger partial charge >= 0.3 is 0 Å². The van der Waals surface area contributed by atoms with E-state index in [-0.39, 0.29) is 12.0 Å². The van der Waals surface area contributed by atoms with Gasteiger partial charge in [0, 0.05) is 12.0 Å². The van der Waals surface area contributed by atoms with Crippen LogP contribution < -0.4 is 5.32 Å². The van der Waals surface area contributed by atoms with Crippen LogP contribution >= 0.6 is 0 Å². The van der Waals surface area contributed by atoms with Gasteiger partial charge in [0.15, 0.2) is 0 Å². The predicted octanol–water partition coefficient (Wildman–Crippen LogP) is 2.69. The Morgan fingerprint density at radius 3 is 2.71 bits per heavy atom. The Hall–Kier alpha value is -1.53. The van der Waals surface area contributed by atoms with E-state index < -0.39 is 0 Å². The van der Waals surface area contributed by atoms with Gasteiger partial charge in [0.05, 0.1) is 17.9 Å². The van der Waals surface area contributed by atoms with Crippen LogP contribution in [0.1, 0.15) is 31.4 Å². The number of nitrogens with one attached hydrogen (secondary N) is 1. The van der Waals surface area contributed by atoms with Gasteiger partial charge in [-0.2, -0.15) is 5.26 Å². The number of benzene rings is 1. The average Bonchev–Trinajstić information content (AvgIpc) is 2.36. The lowest BCUT2D eigenvalue weighted by molar-refractivity contribution is 0.149. The van der Waals surface area contributed by atoms with Gasteiger partial charge in [0.2, 0.25) is 0 Å². The molecule has 0 bridgehead atoms. The Balaban J connectivity index is 2.83. The van der Waals surface area contributed by atoms with E-state index in [1.165, 1.54) is 0 Å². The molecule has 1 atom stereocenters. The zero-order valence-corrected chi connectivity index (χ0v) is 10.7. The molecule has 2 N–H and O–H groups in total. The van der Waals surface area contributed by atoms with Crippen molar-refractivity contribution in [3.05, 3.63) is 29.3 Å². The molecule has 0 spiro atoms. The van der Waals surface area contributed by atoms with E-state index in [9.17, 15) is 5.11 Å². The minimum atomic E-state index is -0.142. The molecule has 3 heteroatoms. The Bertz CT molecular complexity index is 417. The zero-order chi connectivity index (χ0) is 12.9. The van der Waals surface area contributed by atoms with Gasteiger partial charge in [0.25, 0.3) is 0 Å². The molecule has 1 unspecified atom stereocenters. The molecular weight excluding hydrogens is 212 g/mol. The number of aliphatic hydroxyl groups excluding tert-OH is 1. The SMILES string of the molecule is CCC(C)(CO)CNc1cccc(C)c1C#N. The first-order valence-corrected chi connectivity index (χ1v) is 5.91. The fourth-order valence-electron chi connectivity index (χ4n) is 1.56. The molecule has 0 radical (unpaired) electrons. The van der Waals surface area contributed by atoms with E-state index >= 15 is 0 Å². The minimum Gasteiger partial charge on any atom is -0.396 e. The summed E-state index contributed by atoms with van der Waals surface area (Å²) in [7, 11) is 0. The van der Waals surface area contributed by atoms with Gasteiger partial charge in [0.1, 0.15) is 6.07 Å². The van der Waals surface area contributed by atoms with E-state index in [4.69, 9.17) is 5.26 Å². The largest absolute Gasteiger partial charge is 0.396 e. The Kier molecular flexibility index (Phi) is 4.53. The van der Waals surface area contributed by atoms with Crippen LogP contribution in [0.4, 0.5) is 5.69 Å². The van der Waals surface area contributed by atoms with E-state index in [0.717, 1.165) is 17.7 Å². The number of hydrogen-bond donors (Lipinski definition) is 2. The maximum Gasteiger partial charge on any atom is 0.102 e. The molecule has 0 aliphatic heterocycles. The summed E-state index contributed by atoms with van der Waals surface area (Å²) < 4.78 is 0. The van der Waals surface area contributed by atoms with Crippen molar-refractivity contribution in [3.8, 4) is 6.07 Å². The maximum absolute atomic E-state index is 9.34. The van der Waals surface area contributed by atoms with Crippen molar-refractivity contribution in [3.63, 3.8) is 0 Å². The summed E-state index contributed by atoms with van der Waals surface area (Å²) in [6, 6.07) is 7.97. The third kappa shape index (κ3) is 3.21. The topological polar surface area (TPSA) is 56.0 Å². The zero-order valence-electron chi connectivity index (χ0n) is 10.7. The molecule has 0 fully saturated rings. The molecule has 0 aromatic heterocycles. The number of aryl methyl sites for hydroxylation is 1. The molecule has 0 heterocycles. The van der Waals surface area contributed by atoms with Crippen molar-refractivity contribution < 1.29 is 5.11 Å². The van der Waals surface area contributed by atoms with Crippen LogP contribution in [0.25, 0.3) is 0 Å². The first kappa shape index (κ1) is 13.5. The Labute approximate surface area is 103 Å². The van der Waals surface area contributed by atoms with Crippen LogP contribution in [0.5, 0.6) is 0 Å². The predicted molar refractivity (Wildman–Crippen MR) is 69.9 cm³/mol. The van der Waals surface area contributed by atoms with Crippen LogP contribution in [0.15, 0.2) is 18.2 Å². The monoisotopic (exact) mass is 232 g/mol. The first-order valence-electron chi connectivity index (χ1n) is 5.91. The van der Waals surface area contributed by atoms with Gasteiger partial charge in [-0.05, 0) is 25.0 Å². The lowest BCUT2D eigenvalue weighted by Gasteiger charge is -2.26. The third-order valence-corrected chi connectivity index (χ3v) is 3.33. The van der Waals surface area contributed by atoms with Crippen molar-refractivity contribution in [1.82, 2.24) is 0 Å². The summed E-state index contributed by atoms with van der Waals surface area (Å²) in [5, 5.41) is 21.7. The fourth-order valence-corrected chi connectivity index (χ4v) is 1.56. The quantitative estimate of drug-likeness (QED) is 0.820. The second-order valence-corrected chi connectivity index (χ2v) is 4.79. The van der Waals surface area contributed by atoms with Gasteiger partial charge in [-0.3, -0.25) is 0 Å². The molecule has 0 saturated carbocycles. The van der Waals surface area contributed by atoms with E-state index in [0.29, 0.717) is 12.1 Å². The van der Waals surface area contributed by atoms with Crippen LogP contribution in [0.3, 0.4) is 0 Å². The van der Waals surface area contributed by atoms with Crippen LogP contribution in [-0.4, -0.2) is 18.3 Å². The number of nitriles is 1. The summed E-state index contributed by atoms with van der Waals surface area (Å²) in [5.74, 6) is 0. The number of hydrogen-bond acceptors (Lipinski definition) is 3.